The van der Waals surface area contributed by atoms with Gasteiger partial charge in [0.2, 0.25) is 0 Å². The molecule has 0 aromatic carbocycles. The second-order valence-corrected chi connectivity index (χ2v) is 6.76. The number of aromatic nitrogens is 1. The van der Waals surface area contributed by atoms with Crippen LogP contribution in [0, 0.1) is 5.92 Å². The molecule has 2 aliphatic carbocycles. The second kappa shape index (κ2) is 5.12. The van der Waals surface area contributed by atoms with Crippen molar-refractivity contribution in [3.05, 3.63) is 15.6 Å². The number of thiazole rings is 1. The lowest BCUT2D eigenvalue weighted by atomic mass is 9.81. The fourth-order valence-electron chi connectivity index (χ4n) is 3.28. The zero-order valence-electron chi connectivity index (χ0n) is 11.1. The minimum Gasteiger partial charge on any atom is -0.293 e. The summed E-state index contributed by atoms with van der Waals surface area (Å²) in [5.41, 5.74) is 1.10. The van der Waals surface area contributed by atoms with Gasteiger partial charge in [0.1, 0.15) is 0 Å². The van der Waals surface area contributed by atoms with E-state index in [9.17, 15) is 4.79 Å². The Hall–Kier alpha value is -0.700. The number of hydrogen-bond donors (Lipinski definition) is 0. The quantitative estimate of drug-likeness (QED) is 0.794. The van der Waals surface area contributed by atoms with Crippen molar-refractivity contribution in [3.63, 3.8) is 0 Å². The van der Waals surface area contributed by atoms with Gasteiger partial charge in [-0.2, -0.15) is 0 Å². The van der Waals surface area contributed by atoms with E-state index in [-0.39, 0.29) is 0 Å². The molecule has 0 bridgehead atoms. The van der Waals surface area contributed by atoms with Crippen LogP contribution in [0.5, 0.6) is 0 Å². The Labute approximate surface area is 113 Å². The first-order chi connectivity index (χ1) is 8.78. The normalized spacial score (nSPS) is 28.2. The van der Waals surface area contributed by atoms with Gasteiger partial charge in [0.25, 0.3) is 0 Å². The molecule has 3 heteroatoms. The maximum Gasteiger partial charge on any atom is 0.174 e. The van der Waals surface area contributed by atoms with E-state index in [0.717, 1.165) is 35.8 Å². The average Bonchev–Trinajstić information content (AvgIpc) is 2.84. The summed E-state index contributed by atoms with van der Waals surface area (Å²) in [6.07, 6.45) is 9.31. The number of rotatable bonds is 2. The van der Waals surface area contributed by atoms with Crippen LogP contribution >= 0.6 is 11.3 Å². The van der Waals surface area contributed by atoms with Crippen molar-refractivity contribution >= 4 is 17.1 Å². The zero-order chi connectivity index (χ0) is 12.5. The van der Waals surface area contributed by atoms with Crippen LogP contribution in [0.3, 0.4) is 0 Å². The van der Waals surface area contributed by atoms with E-state index < -0.39 is 0 Å². The molecular weight excluding hydrogens is 242 g/mol. The maximum absolute atomic E-state index is 11.9. The number of carbonyl (C=O) groups excluding carboxylic acids is 1. The highest BCUT2D eigenvalue weighted by atomic mass is 32.1. The van der Waals surface area contributed by atoms with Crippen molar-refractivity contribution in [2.24, 2.45) is 5.92 Å². The van der Waals surface area contributed by atoms with Gasteiger partial charge in [0.05, 0.1) is 15.6 Å². The molecule has 0 atom stereocenters. The highest BCUT2D eigenvalue weighted by molar-refractivity contribution is 7.14. The standard InChI is InChI=1S/C15H21NOS/c1-2-10-6-8-11(9-7-10)15-16-12-4-3-5-13(17)14(12)18-15/h10-11H,2-9H2,1H3. The molecule has 1 aromatic heterocycles. The van der Waals surface area contributed by atoms with E-state index in [2.05, 4.69) is 6.92 Å². The Bertz CT molecular complexity index is 443. The molecule has 98 valence electrons. The summed E-state index contributed by atoms with van der Waals surface area (Å²) in [4.78, 5) is 17.6. The van der Waals surface area contributed by atoms with Crippen molar-refractivity contribution in [3.8, 4) is 0 Å². The minimum atomic E-state index is 0.335. The van der Waals surface area contributed by atoms with E-state index in [1.807, 2.05) is 0 Å². The lowest BCUT2D eigenvalue weighted by molar-refractivity contribution is 0.0976. The van der Waals surface area contributed by atoms with Gasteiger partial charge in [0.15, 0.2) is 5.78 Å². The highest BCUT2D eigenvalue weighted by Gasteiger charge is 2.28. The number of hydrogen-bond acceptors (Lipinski definition) is 3. The van der Waals surface area contributed by atoms with Crippen molar-refractivity contribution in [2.75, 3.05) is 0 Å². The summed E-state index contributed by atoms with van der Waals surface area (Å²) in [6, 6.07) is 0. The third kappa shape index (κ3) is 2.25. The van der Waals surface area contributed by atoms with Crippen LogP contribution in [-0.2, 0) is 6.42 Å². The molecule has 0 aliphatic heterocycles. The first-order valence-corrected chi connectivity index (χ1v) is 8.12. The van der Waals surface area contributed by atoms with Crippen LogP contribution in [0.25, 0.3) is 0 Å². The van der Waals surface area contributed by atoms with E-state index in [4.69, 9.17) is 4.98 Å². The van der Waals surface area contributed by atoms with Gasteiger partial charge in [-0.25, -0.2) is 4.98 Å². The number of Topliss-reactive ketones (excluding diaryl/α,β-unsaturated/α-hetero) is 1. The summed E-state index contributed by atoms with van der Waals surface area (Å²) in [7, 11) is 0. The molecule has 1 heterocycles. The molecule has 0 unspecified atom stereocenters. The lowest BCUT2D eigenvalue weighted by Crippen LogP contribution is -2.12. The molecule has 2 aliphatic rings. The van der Waals surface area contributed by atoms with Crippen LogP contribution in [0.2, 0.25) is 0 Å². The SMILES string of the molecule is CCC1CCC(c2nc3c(s2)C(=O)CCC3)CC1. The first-order valence-electron chi connectivity index (χ1n) is 7.30. The first kappa shape index (κ1) is 12.3. The van der Waals surface area contributed by atoms with Gasteiger partial charge >= 0.3 is 0 Å². The number of ketones is 1. The molecule has 18 heavy (non-hydrogen) atoms. The average molecular weight is 263 g/mol. The van der Waals surface area contributed by atoms with Crippen molar-refractivity contribution < 1.29 is 4.79 Å². The number of nitrogens with zero attached hydrogens (tertiary/aromatic N) is 1. The van der Waals surface area contributed by atoms with Crippen LogP contribution in [-0.4, -0.2) is 10.8 Å². The Kier molecular flexibility index (Phi) is 3.51. The molecule has 0 radical (unpaired) electrons. The van der Waals surface area contributed by atoms with Gasteiger partial charge in [-0.05, 0) is 44.4 Å². The van der Waals surface area contributed by atoms with Gasteiger partial charge in [-0.3, -0.25) is 4.79 Å². The topological polar surface area (TPSA) is 30.0 Å². The third-order valence-corrected chi connectivity index (χ3v) is 5.86. The fourth-order valence-corrected chi connectivity index (χ4v) is 4.53. The fraction of sp³-hybridized carbons (Fsp3) is 0.733. The number of carbonyl (C=O) groups is 1. The zero-order valence-corrected chi connectivity index (χ0v) is 11.9. The van der Waals surface area contributed by atoms with Gasteiger partial charge in [0, 0.05) is 12.3 Å². The number of fused-ring (bicyclic) bond motifs is 1. The van der Waals surface area contributed by atoms with Crippen molar-refractivity contribution in [1.29, 1.82) is 0 Å². The van der Waals surface area contributed by atoms with Crippen LogP contribution in [0.1, 0.15) is 78.2 Å². The monoisotopic (exact) mass is 263 g/mol. The minimum absolute atomic E-state index is 0.335. The summed E-state index contributed by atoms with van der Waals surface area (Å²) >= 11 is 1.70. The largest absolute Gasteiger partial charge is 0.293 e. The summed E-state index contributed by atoms with van der Waals surface area (Å²) in [6.45, 7) is 2.30. The van der Waals surface area contributed by atoms with Crippen molar-refractivity contribution in [2.45, 2.75) is 64.2 Å². The van der Waals surface area contributed by atoms with Gasteiger partial charge in [-0.15, -0.1) is 11.3 Å². The summed E-state index contributed by atoms with van der Waals surface area (Å²) < 4.78 is 0. The van der Waals surface area contributed by atoms with E-state index >= 15 is 0 Å². The van der Waals surface area contributed by atoms with E-state index in [0.29, 0.717) is 11.7 Å². The van der Waals surface area contributed by atoms with Crippen LogP contribution in [0.15, 0.2) is 0 Å². The van der Waals surface area contributed by atoms with E-state index in [1.165, 1.54) is 37.1 Å². The Morgan fingerprint density at radius 1 is 1.22 bits per heavy atom. The molecule has 0 N–H and O–H groups in total. The van der Waals surface area contributed by atoms with Gasteiger partial charge in [-0.1, -0.05) is 13.3 Å². The molecule has 0 amide bonds. The Morgan fingerprint density at radius 3 is 2.67 bits per heavy atom. The van der Waals surface area contributed by atoms with E-state index in [1.54, 1.807) is 11.3 Å². The predicted molar refractivity (Wildman–Crippen MR) is 74.4 cm³/mol. The lowest BCUT2D eigenvalue weighted by Gasteiger charge is -2.26. The highest BCUT2D eigenvalue weighted by Crippen LogP contribution is 2.40. The maximum atomic E-state index is 11.9. The smallest absolute Gasteiger partial charge is 0.174 e. The molecule has 3 rings (SSSR count). The Balaban J connectivity index is 1.76. The summed E-state index contributed by atoms with van der Waals surface area (Å²) in [5.74, 6) is 1.90. The predicted octanol–water partition coefficient (Wildman–Crippen LogP) is 4.35. The molecule has 1 aromatic rings. The van der Waals surface area contributed by atoms with Gasteiger partial charge < -0.3 is 0 Å². The molecule has 2 nitrogen and oxygen atoms in total. The summed E-state index contributed by atoms with van der Waals surface area (Å²) in [5, 5.41) is 1.25. The molecule has 0 spiro atoms. The third-order valence-electron chi connectivity index (χ3n) is 4.56. The molecule has 1 saturated carbocycles. The molecule has 0 saturated heterocycles. The van der Waals surface area contributed by atoms with Crippen molar-refractivity contribution in [1.82, 2.24) is 4.98 Å². The molecule has 1 fully saturated rings. The van der Waals surface area contributed by atoms with Crippen LogP contribution < -0.4 is 0 Å². The second-order valence-electron chi connectivity index (χ2n) is 5.73. The number of aryl methyl sites for hydroxylation is 1. The molecular formula is C15H21NOS. The Morgan fingerprint density at radius 2 is 2.00 bits per heavy atom. The van der Waals surface area contributed by atoms with Crippen LogP contribution in [0.4, 0.5) is 0 Å².